The van der Waals surface area contributed by atoms with E-state index >= 15 is 0 Å². The van der Waals surface area contributed by atoms with Gasteiger partial charge in [0.2, 0.25) is 0 Å². The monoisotopic (exact) mass is 341 g/mol. The minimum Gasteiger partial charge on any atom is -0.318 e. The van der Waals surface area contributed by atoms with Gasteiger partial charge in [-0.1, -0.05) is 17.7 Å². The lowest BCUT2D eigenvalue weighted by molar-refractivity contribution is 0.0173. The molecule has 2 bridgehead atoms. The van der Waals surface area contributed by atoms with Crippen LogP contribution in [-0.4, -0.2) is 28.0 Å². The van der Waals surface area contributed by atoms with Crippen molar-refractivity contribution in [1.82, 2.24) is 9.88 Å². The van der Waals surface area contributed by atoms with Crippen molar-refractivity contribution < 1.29 is 4.79 Å². The first kappa shape index (κ1) is 15.5. The lowest BCUT2D eigenvalue weighted by Gasteiger charge is -2.52. The van der Waals surface area contributed by atoms with E-state index < -0.39 is 0 Å². The van der Waals surface area contributed by atoms with Gasteiger partial charge >= 0.3 is 6.03 Å². The Hall–Kier alpha value is -2.07. The number of carbonyl (C=O) groups is 1. The van der Waals surface area contributed by atoms with Crippen LogP contribution in [0.4, 0.5) is 10.5 Å². The Balaban J connectivity index is 1.60. The van der Waals surface area contributed by atoms with E-state index in [1.54, 1.807) is 6.20 Å². The van der Waals surface area contributed by atoms with Crippen LogP contribution in [0.1, 0.15) is 31.2 Å². The zero-order valence-electron chi connectivity index (χ0n) is 13.6. The Bertz CT molecular complexity index is 764. The molecule has 2 unspecified atom stereocenters. The SMILES string of the molecule is Cc1cc(Cl)c(NC(=O)N2C3CCCC2C3)cc1-c1ccccn1. The Morgan fingerprint density at radius 3 is 2.75 bits per heavy atom. The van der Waals surface area contributed by atoms with Gasteiger partial charge in [0.1, 0.15) is 0 Å². The number of fused-ring (bicyclic) bond motifs is 2. The van der Waals surface area contributed by atoms with E-state index in [0.29, 0.717) is 22.8 Å². The van der Waals surface area contributed by atoms with Gasteiger partial charge in [0.15, 0.2) is 0 Å². The highest BCUT2D eigenvalue weighted by Gasteiger charge is 2.44. The lowest BCUT2D eigenvalue weighted by Crippen LogP contribution is -2.62. The molecule has 2 amide bonds. The predicted molar refractivity (Wildman–Crippen MR) is 96.3 cm³/mol. The molecule has 124 valence electrons. The standard InChI is InChI=1S/C19H20ClN3O/c1-12-9-16(20)18(11-15(12)17-7-2-3-8-21-17)22-19(24)23-13-5-4-6-14(23)10-13/h2-3,7-9,11,13-14H,4-6,10H2,1H3,(H,22,24). The van der Waals surface area contributed by atoms with Crippen LogP contribution in [0.5, 0.6) is 0 Å². The number of aryl methyl sites for hydroxylation is 1. The summed E-state index contributed by atoms with van der Waals surface area (Å²) in [5.41, 5.74) is 3.55. The van der Waals surface area contributed by atoms with Gasteiger partial charge in [-0.15, -0.1) is 0 Å². The summed E-state index contributed by atoms with van der Waals surface area (Å²) < 4.78 is 0. The molecule has 2 atom stereocenters. The molecule has 24 heavy (non-hydrogen) atoms. The zero-order valence-corrected chi connectivity index (χ0v) is 14.4. The summed E-state index contributed by atoms with van der Waals surface area (Å²) in [6.07, 6.45) is 6.38. The molecule has 0 aliphatic carbocycles. The molecule has 1 aromatic heterocycles. The van der Waals surface area contributed by atoms with E-state index in [1.165, 1.54) is 6.42 Å². The number of piperidine rings is 1. The van der Waals surface area contributed by atoms with Gasteiger partial charge in [-0.25, -0.2) is 4.79 Å². The third-order valence-corrected chi connectivity index (χ3v) is 5.45. The molecule has 4 rings (SSSR count). The molecule has 2 aliphatic heterocycles. The maximum Gasteiger partial charge on any atom is 0.322 e. The highest BCUT2D eigenvalue weighted by molar-refractivity contribution is 6.34. The van der Waals surface area contributed by atoms with E-state index in [2.05, 4.69) is 10.3 Å². The molecule has 2 saturated heterocycles. The van der Waals surface area contributed by atoms with Gasteiger partial charge in [0, 0.05) is 23.8 Å². The minimum absolute atomic E-state index is 0.0336. The normalized spacial score (nSPS) is 22.0. The first-order valence-corrected chi connectivity index (χ1v) is 8.82. The van der Waals surface area contributed by atoms with Gasteiger partial charge in [0.25, 0.3) is 0 Å². The van der Waals surface area contributed by atoms with Crippen LogP contribution in [0.2, 0.25) is 5.02 Å². The molecule has 0 saturated carbocycles. The summed E-state index contributed by atoms with van der Waals surface area (Å²) in [4.78, 5) is 19.0. The molecule has 0 spiro atoms. The van der Waals surface area contributed by atoms with Gasteiger partial charge in [-0.05, 0) is 62.4 Å². The van der Waals surface area contributed by atoms with Crippen molar-refractivity contribution in [3.63, 3.8) is 0 Å². The van der Waals surface area contributed by atoms with E-state index in [9.17, 15) is 4.79 Å². The highest BCUT2D eigenvalue weighted by Crippen LogP contribution is 2.39. The zero-order chi connectivity index (χ0) is 16.7. The fourth-order valence-corrected chi connectivity index (χ4v) is 4.15. The van der Waals surface area contributed by atoms with Crippen LogP contribution in [0.3, 0.4) is 0 Å². The van der Waals surface area contributed by atoms with Crippen LogP contribution in [0.25, 0.3) is 11.3 Å². The van der Waals surface area contributed by atoms with Gasteiger partial charge in [-0.2, -0.15) is 0 Å². The summed E-state index contributed by atoms with van der Waals surface area (Å²) in [6, 6.07) is 10.4. The van der Waals surface area contributed by atoms with E-state index in [-0.39, 0.29) is 6.03 Å². The number of anilines is 1. The number of amides is 2. The van der Waals surface area contributed by atoms with Crippen LogP contribution in [0.15, 0.2) is 36.5 Å². The van der Waals surface area contributed by atoms with Crippen molar-refractivity contribution in [2.45, 2.75) is 44.7 Å². The molecule has 3 heterocycles. The predicted octanol–water partition coefficient (Wildman–Crippen LogP) is 4.87. The third kappa shape index (κ3) is 2.65. The Kier molecular flexibility index (Phi) is 3.93. The maximum absolute atomic E-state index is 12.6. The summed E-state index contributed by atoms with van der Waals surface area (Å²) in [5.74, 6) is 0. The Labute approximate surface area is 146 Å². The van der Waals surface area contributed by atoms with Crippen molar-refractivity contribution in [2.24, 2.45) is 0 Å². The van der Waals surface area contributed by atoms with Gasteiger partial charge in [0.05, 0.1) is 16.4 Å². The second-order valence-electron chi connectivity index (χ2n) is 6.67. The first-order valence-electron chi connectivity index (χ1n) is 8.44. The highest BCUT2D eigenvalue weighted by atomic mass is 35.5. The van der Waals surface area contributed by atoms with Crippen LogP contribution in [0, 0.1) is 6.92 Å². The van der Waals surface area contributed by atoms with Crippen molar-refractivity contribution in [3.05, 3.63) is 47.1 Å². The van der Waals surface area contributed by atoms with Crippen molar-refractivity contribution >= 4 is 23.3 Å². The van der Waals surface area contributed by atoms with Crippen LogP contribution >= 0.6 is 11.6 Å². The van der Waals surface area contributed by atoms with Crippen LogP contribution < -0.4 is 5.32 Å². The van der Waals surface area contributed by atoms with E-state index in [1.807, 2.05) is 42.2 Å². The van der Waals surface area contributed by atoms with Crippen molar-refractivity contribution in [1.29, 1.82) is 0 Å². The number of urea groups is 1. The quantitative estimate of drug-likeness (QED) is 0.847. The molecule has 2 aliphatic rings. The molecule has 0 radical (unpaired) electrons. The Morgan fingerprint density at radius 1 is 1.29 bits per heavy atom. The van der Waals surface area contributed by atoms with Crippen molar-refractivity contribution in [3.8, 4) is 11.3 Å². The molecule has 4 nitrogen and oxygen atoms in total. The average Bonchev–Trinajstić information content (AvgIpc) is 2.58. The summed E-state index contributed by atoms with van der Waals surface area (Å²) in [7, 11) is 0. The summed E-state index contributed by atoms with van der Waals surface area (Å²) in [5, 5.41) is 3.57. The minimum atomic E-state index is -0.0336. The summed E-state index contributed by atoms with van der Waals surface area (Å²) in [6.45, 7) is 2.00. The molecule has 5 heteroatoms. The fraction of sp³-hybridized carbons (Fsp3) is 0.368. The number of pyridine rings is 1. The number of aromatic nitrogens is 1. The smallest absolute Gasteiger partial charge is 0.318 e. The number of hydrogen-bond acceptors (Lipinski definition) is 2. The largest absolute Gasteiger partial charge is 0.322 e. The maximum atomic E-state index is 12.6. The fourth-order valence-electron chi connectivity index (χ4n) is 3.88. The molecule has 1 aromatic carbocycles. The van der Waals surface area contributed by atoms with Crippen molar-refractivity contribution in [2.75, 3.05) is 5.32 Å². The topological polar surface area (TPSA) is 45.2 Å². The average molecular weight is 342 g/mol. The lowest BCUT2D eigenvalue weighted by atomic mass is 9.80. The number of nitrogens with one attached hydrogen (secondary N) is 1. The second kappa shape index (κ2) is 6.10. The molecular weight excluding hydrogens is 322 g/mol. The Morgan fingerprint density at radius 2 is 2.08 bits per heavy atom. The number of rotatable bonds is 2. The van der Waals surface area contributed by atoms with E-state index in [4.69, 9.17) is 11.6 Å². The van der Waals surface area contributed by atoms with Crippen LogP contribution in [-0.2, 0) is 0 Å². The van der Waals surface area contributed by atoms with Gasteiger partial charge in [-0.3, -0.25) is 4.98 Å². The molecule has 1 N–H and O–H groups in total. The molecule has 2 fully saturated rings. The second-order valence-corrected chi connectivity index (χ2v) is 7.08. The first-order chi connectivity index (χ1) is 11.6. The molecule has 2 aromatic rings. The number of nitrogens with zero attached hydrogens (tertiary/aromatic N) is 2. The number of carbonyl (C=O) groups excluding carboxylic acids is 1. The third-order valence-electron chi connectivity index (χ3n) is 5.14. The van der Waals surface area contributed by atoms with E-state index in [0.717, 1.165) is 36.1 Å². The van der Waals surface area contributed by atoms with Gasteiger partial charge < -0.3 is 10.2 Å². The number of halogens is 1. The number of hydrogen-bond donors (Lipinski definition) is 1. The number of benzene rings is 1. The summed E-state index contributed by atoms with van der Waals surface area (Å²) >= 11 is 6.37. The molecular formula is C19H20ClN3O.